The minimum atomic E-state index is 0.0625. The summed E-state index contributed by atoms with van der Waals surface area (Å²) in [6.07, 6.45) is 3.02. The number of carbonyl (C=O) groups is 1. The largest absolute Gasteiger partial charge is 0.355 e. The van der Waals surface area contributed by atoms with Crippen molar-refractivity contribution >= 4 is 16.8 Å². The number of rotatable bonds is 5. The van der Waals surface area contributed by atoms with Gasteiger partial charge in [0, 0.05) is 18.1 Å². The monoisotopic (exact) mass is 304 g/mol. The summed E-state index contributed by atoms with van der Waals surface area (Å²) >= 11 is 0. The molecule has 0 aliphatic heterocycles. The number of hydrogen-bond acceptors (Lipinski definition) is 2. The fourth-order valence-electron chi connectivity index (χ4n) is 2.75. The van der Waals surface area contributed by atoms with Crippen LogP contribution < -0.4 is 5.32 Å². The molecule has 0 radical (unpaired) electrons. The Kier molecular flexibility index (Phi) is 4.67. The molecule has 116 valence electrons. The van der Waals surface area contributed by atoms with E-state index in [2.05, 4.69) is 28.5 Å². The van der Waals surface area contributed by atoms with Gasteiger partial charge >= 0.3 is 0 Å². The highest BCUT2D eigenvalue weighted by atomic mass is 16.1. The molecule has 3 rings (SSSR count). The second kappa shape index (κ2) is 7.05. The fraction of sp³-hybridized carbons (Fsp3) is 0.200. The number of pyridine rings is 1. The average Bonchev–Trinajstić information content (AvgIpc) is 2.57. The van der Waals surface area contributed by atoms with Crippen LogP contribution in [-0.4, -0.2) is 17.4 Å². The van der Waals surface area contributed by atoms with Gasteiger partial charge in [0.15, 0.2) is 0 Å². The van der Waals surface area contributed by atoms with E-state index in [9.17, 15) is 4.79 Å². The van der Waals surface area contributed by atoms with Crippen LogP contribution in [0.5, 0.6) is 0 Å². The maximum absolute atomic E-state index is 12.1. The fourth-order valence-corrected chi connectivity index (χ4v) is 2.75. The van der Waals surface area contributed by atoms with Crippen molar-refractivity contribution < 1.29 is 4.79 Å². The predicted octanol–water partition coefficient (Wildman–Crippen LogP) is 3.44. The second-order valence-corrected chi connectivity index (χ2v) is 5.70. The third-order valence-electron chi connectivity index (χ3n) is 4.05. The summed E-state index contributed by atoms with van der Waals surface area (Å²) in [5, 5.41) is 4.14. The van der Waals surface area contributed by atoms with Crippen LogP contribution in [0.25, 0.3) is 10.9 Å². The summed E-state index contributed by atoms with van der Waals surface area (Å²) in [5.41, 5.74) is 4.42. The van der Waals surface area contributed by atoms with Gasteiger partial charge in [-0.25, -0.2) is 0 Å². The van der Waals surface area contributed by atoms with Crippen molar-refractivity contribution in [2.75, 3.05) is 6.54 Å². The minimum absolute atomic E-state index is 0.0625. The molecule has 2 aromatic carbocycles. The lowest BCUT2D eigenvalue weighted by molar-refractivity contribution is -0.120. The first-order chi connectivity index (χ1) is 11.2. The van der Waals surface area contributed by atoms with E-state index >= 15 is 0 Å². The molecule has 0 atom stereocenters. The normalized spacial score (nSPS) is 10.7. The second-order valence-electron chi connectivity index (χ2n) is 5.70. The zero-order chi connectivity index (χ0) is 16.1. The molecule has 0 saturated heterocycles. The molecule has 23 heavy (non-hydrogen) atoms. The highest BCUT2D eigenvalue weighted by molar-refractivity contribution is 5.82. The third-order valence-corrected chi connectivity index (χ3v) is 4.05. The Bertz CT molecular complexity index is 821. The Morgan fingerprint density at radius 1 is 1.00 bits per heavy atom. The Morgan fingerprint density at radius 3 is 2.65 bits per heavy atom. The molecule has 0 bridgehead atoms. The van der Waals surface area contributed by atoms with Gasteiger partial charge in [0.1, 0.15) is 0 Å². The molecule has 0 saturated carbocycles. The van der Waals surface area contributed by atoms with E-state index < -0.39 is 0 Å². The number of hydrogen-bond donors (Lipinski definition) is 1. The maximum Gasteiger partial charge on any atom is 0.224 e. The Morgan fingerprint density at radius 2 is 1.78 bits per heavy atom. The summed E-state index contributed by atoms with van der Waals surface area (Å²) in [7, 11) is 0. The molecule has 0 aliphatic rings. The van der Waals surface area contributed by atoms with E-state index in [1.165, 1.54) is 5.56 Å². The van der Waals surface area contributed by atoms with Crippen LogP contribution in [0.1, 0.15) is 16.7 Å². The number of nitrogens with zero attached hydrogens (tertiary/aromatic N) is 1. The molecular weight excluding hydrogens is 284 g/mol. The number of nitrogens with one attached hydrogen (secondary N) is 1. The van der Waals surface area contributed by atoms with Gasteiger partial charge < -0.3 is 5.32 Å². The van der Waals surface area contributed by atoms with Crippen molar-refractivity contribution in [1.82, 2.24) is 10.3 Å². The lowest BCUT2D eigenvalue weighted by Gasteiger charge is -2.08. The van der Waals surface area contributed by atoms with Gasteiger partial charge in [-0.05, 0) is 36.1 Å². The van der Waals surface area contributed by atoms with Crippen molar-refractivity contribution in [2.24, 2.45) is 0 Å². The lowest BCUT2D eigenvalue weighted by atomic mass is 10.1. The Hall–Kier alpha value is -2.68. The lowest BCUT2D eigenvalue weighted by Crippen LogP contribution is -2.27. The third kappa shape index (κ3) is 3.75. The van der Waals surface area contributed by atoms with E-state index in [4.69, 9.17) is 0 Å². The highest BCUT2D eigenvalue weighted by Gasteiger charge is 2.06. The smallest absolute Gasteiger partial charge is 0.224 e. The molecule has 0 unspecified atom stereocenters. The van der Waals surface area contributed by atoms with Crippen molar-refractivity contribution in [2.45, 2.75) is 19.8 Å². The van der Waals surface area contributed by atoms with Gasteiger partial charge in [0.05, 0.1) is 11.9 Å². The zero-order valence-corrected chi connectivity index (χ0v) is 13.3. The summed E-state index contributed by atoms with van der Waals surface area (Å²) in [6, 6.07) is 18.2. The molecule has 1 heterocycles. The molecule has 1 amide bonds. The van der Waals surface area contributed by atoms with Crippen molar-refractivity contribution in [1.29, 1.82) is 0 Å². The number of carbonyl (C=O) groups excluding carboxylic acids is 1. The molecule has 1 aromatic heterocycles. The Labute approximate surface area is 136 Å². The van der Waals surface area contributed by atoms with Gasteiger partial charge in [-0.15, -0.1) is 0 Å². The molecule has 0 fully saturated rings. The molecule has 3 nitrogen and oxygen atoms in total. The van der Waals surface area contributed by atoms with Crippen molar-refractivity contribution in [3.8, 4) is 0 Å². The topological polar surface area (TPSA) is 42.0 Å². The van der Waals surface area contributed by atoms with Crippen LogP contribution in [0, 0.1) is 6.92 Å². The van der Waals surface area contributed by atoms with E-state index in [1.807, 2.05) is 49.5 Å². The quantitative estimate of drug-likeness (QED) is 0.784. The van der Waals surface area contributed by atoms with E-state index in [1.54, 1.807) is 0 Å². The van der Waals surface area contributed by atoms with Gasteiger partial charge in [-0.3, -0.25) is 9.78 Å². The standard InChI is InChI=1S/C20H20N2O/c1-15-6-2-3-7-18(15)14-19(23)21-13-11-17-9-4-8-16-10-5-12-22-20(16)17/h2-10,12H,11,13-14H2,1H3,(H,21,23). The SMILES string of the molecule is Cc1ccccc1CC(=O)NCCc1cccc2cccnc12. The van der Waals surface area contributed by atoms with E-state index in [0.717, 1.165) is 28.5 Å². The van der Waals surface area contributed by atoms with Gasteiger partial charge in [-0.2, -0.15) is 0 Å². The summed E-state index contributed by atoms with van der Waals surface area (Å²) in [6.45, 7) is 2.66. The van der Waals surface area contributed by atoms with Gasteiger partial charge in [0.2, 0.25) is 5.91 Å². The van der Waals surface area contributed by atoms with Crippen molar-refractivity contribution in [3.05, 3.63) is 77.5 Å². The number of para-hydroxylation sites is 1. The number of fused-ring (bicyclic) bond motifs is 1. The molecule has 3 aromatic rings. The molecule has 3 heteroatoms. The summed E-state index contributed by atoms with van der Waals surface area (Å²) < 4.78 is 0. The first kappa shape index (κ1) is 15.2. The average molecular weight is 304 g/mol. The van der Waals surface area contributed by atoms with Crippen LogP contribution in [0.4, 0.5) is 0 Å². The van der Waals surface area contributed by atoms with E-state index in [-0.39, 0.29) is 5.91 Å². The highest BCUT2D eigenvalue weighted by Crippen LogP contribution is 2.16. The Balaban J connectivity index is 1.58. The number of amides is 1. The van der Waals surface area contributed by atoms with Crippen LogP contribution in [0.3, 0.4) is 0 Å². The van der Waals surface area contributed by atoms with E-state index in [0.29, 0.717) is 13.0 Å². The van der Waals surface area contributed by atoms with Crippen LogP contribution in [0.2, 0.25) is 0 Å². The summed E-state index contributed by atoms with van der Waals surface area (Å²) in [4.78, 5) is 16.5. The van der Waals surface area contributed by atoms with Gasteiger partial charge in [-0.1, -0.05) is 48.5 Å². The first-order valence-corrected chi connectivity index (χ1v) is 7.88. The number of benzene rings is 2. The van der Waals surface area contributed by atoms with Crippen LogP contribution in [-0.2, 0) is 17.6 Å². The number of aromatic nitrogens is 1. The molecule has 1 N–H and O–H groups in total. The molecule has 0 aliphatic carbocycles. The van der Waals surface area contributed by atoms with Crippen LogP contribution in [0.15, 0.2) is 60.8 Å². The number of aryl methyl sites for hydroxylation is 1. The van der Waals surface area contributed by atoms with Gasteiger partial charge in [0.25, 0.3) is 0 Å². The molecule has 0 spiro atoms. The van der Waals surface area contributed by atoms with Crippen LogP contribution >= 0.6 is 0 Å². The first-order valence-electron chi connectivity index (χ1n) is 7.88. The zero-order valence-electron chi connectivity index (χ0n) is 13.3. The van der Waals surface area contributed by atoms with Crippen molar-refractivity contribution in [3.63, 3.8) is 0 Å². The maximum atomic E-state index is 12.1. The predicted molar refractivity (Wildman–Crippen MR) is 93.3 cm³/mol. The molecular formula is C20H20N2O. The summed E-state index contributed by atoms with van der Waals surface area (Å²) in [5.74, 6) is 0.0625. The minimum Gasteiger partial charge on any atom is -0.355 e.